The molecule has 0 atom stereocenters. The van der Waals surface area contributed by atoms with Gasteiger partial charge in [0, 0.05) is 0 Å². The third-order valence-electron chi connectivity index (χ3n) is 10.7. The lowest BCUT2D eigenvalue weighted by molar-refractivity contribution is 0.590. The van der Waals surface area contributed by atoms with Crippen molar-refractivity contribution in [3.63, 3.8) is 0 Å². The summed E-state index contributed by atoms with van der Waals surface area (Å²) in [6.07, 6.45) is 0. The molecule has 0 heteroatoms. The highest BCUT2D eigenvalue weighted by atomic mass is 14.3. The Morgan fingerprint density at radius 1 is 0.340 bits per heavy atom. The zero-order valence-electron chi connectivity index (χ0n) is 28.5. The Bertz CT molecular complexity index is 2300. The molecular weight excluding hydrogens is 565 g/mol. The SMILES string of the molecule is Cc1cc(-c2ccc3c4c(cccc24)-c2cc(C(C)(C)C)ccc2-3)cc(-c2ccc3c4c(cccc24)-c2cc(C(C)(C)C)ccc2-3)c1. The minimum atomic E-state index is 0.113. The first-order chi connectivity index (χ1) is 22.5. The van der Waals surface area contributed by atoms with Crippen molar-refractivity contribution in [1.29, 1.82) is 0 Å². The molecule has 47 heavy (non-hydrogen) atoms. The van der Waals surface area contributed by atoms with E-state index in [-0.39, 0.29) is 10.8 Å². The molecule has 0 saturated heterocycles. The summed E-state index contributed by atoms with van der Waals surface area (Å²) in [5, 5.41) is 5.42. The van der Waals surface area contributed by atoms with Gasteiger partial charge in [-0.1, -0.05) is 139 Å². The molecule has 228 valence electrons. The fraction of sp³-hybridized carbons (Fsp3) is 0.191. The zero-order chi connectivity index (χ0) is 32.4. The van der Waals surface area contributed by atoms with Gasteiger partial charge in [-0.25, -0.2) is 0 Å². The normalized spacial score (nSPS) is 13.0. The second-order valence-corrected chi connectivity index (χ2v) is 15.9. The third-order valence-corrected chi connectivity index (χ3v) is 10.7. The minimum Gasteiger partial charge on any atom is -0.0610 e. The second kappa shape index (κ2) is 9.55. The molecule has 9 rings (SSSR count). The molecule has 0 amide bonds. The van der Waals surface area contributed by atoms with Crippen molar-refractivity contribution in [1.82, 2.24) is 0 Å². The largest absolute Gasteiger partial charge is 0.0610 e. The van der Waals surface area contributed by atoms with E-state index in [9.17, 15) is 0 Å². The van der Waals surface area contributed by atoms with Crippen LogP contribution >= 0.6 is 0 Å². The summed E-state index contributed by atoms with van der Waals surface area (Å²) in [6.45, 7) is 16.0. The highest BCUT2D eigenvalue weighted by Crippen LogP contribution is 2.52. The minimum absolute atomic E-state index is 0.113. The van der Waals surface area contributed by atoms with Gasteiger partial charge in [0.05, 0.1) is 0 Å². The molecular formula is C47H40. The standard InChI is InChI=1S/C47H40/c1-27-22-28(32-18-20-40-34-16-14-30(46(2,3)4)25-42(34)38-12-8-10-36(32)44(38)40)24-29(23-27)33-19-21-41-35-17-15-31(47(5,6)7)26-43(35)39-13-9-11-37(33)45(39)41/h8-26H,1-7H3. The first kappa shape index (κ1) is 28.3. The summed E-state index contributed by atoms with van der Waals surface area (Å²) in [7, 11) is 0. The van der Waals surface area contributed by atoms with Gasteiger partial charge in [-0.05, 0) is 141 Å². The number of fused-ring (bicyclic) bond motifs is 6. The number of rotatable bonds is 2. The quantitative estimate of drug-likeness (QED) is 0.184. The number of aryl methyl sites for hydroxylation is 1. The van der Waals surface area contributed by atoms with Crippen molar-refractivity contribution in [2.45, 2.75) is 59.3 Å². The van der Waals surface area contributed by atoms with E-state index in [1.807, 2.05) is 0 Å². The molecule has 7 aromatic carbocycles. The second-order valence-electron chi connectivity index (χ2n) is 15.9. The van der Waals surface area contributed by atoms with E-state index in [4.69, 9.17) is 0 Å². The van der Waals surface area contributed by atoms with Gasteiger partial charge in [-0.3, -0.25) is 0 Å². The summed E-state index contributed by atoms with van der Waals surface area (Å²) in [5.74, 6) is 0. The highest BCUT2D eigenvalue weighted by Gasteiger charge is 2.27. The van der Waals surface area contributed by atoms with Crippen molar-refractivity contribution in [2.24, 2.45) is 0 Å². The van der Waals surface area contributed by atoms with Crippen molar-refractivity contribution in [2.75, 3.05) is 0 Å². The fourth-order valence-electron chi connectivity index (χ4n) is 8.25. The predicted octanol–water partition coefficient (Wildman–Crippen LogP) is 13.5. The monoisotopic (exact) mass is 604 g/mol. The fourth-order valence-corrected chi connectivity index (χ4v) is 8.25. The van der Waals surface area contributed by atoms with Gasteiger partial charge in [-0.2, -0.15) is 0 Å². The first-order valence-corrected chi connectivity index (χ1v) is 17.0. The first-order valence-electron chi connectivity index (χ1n) is 17.0. The molecule has 0 aromatic heterocycles. The summed E-state index contributed by atoms with van der Waals surface area (Å²) < 4.78 is 0. The maximum Gasteiger partial charge on any atom is -0.00201 e. The molecule has 0 N–H and O–H groups in total. The molecule has 0 heterocycles. The van der Waals surface area contributed by atoms with Crippen LogP contribution in [0, 0.1) is 6.92 Å². The van der Waals surface area contributed by atoms with Crippen LogP contribution in [0.5, 0.6) is 0 Å². The average molecular weight is 605 g/mol. The van der Waals surface area contributed by atoms with E-state index in [0.29, 0.717) is 0 Å². The van der Waals surface area contributed by atoms with Gasteiger partial charge in [-0.15, -0.1) is 0 Å². The highest BCUT2D eigenvalue weighted by molar-refractivity contribution is 6.20. The Balaban J connectivity index is 1.20. The van der Waals surface area contributed by atoms with Crippen LogP contribution in [-0.4, -0.2) is 0 Å². The smallest absolute Gasteiger partial charge is 0.00201 e. The molecule has 0 unspecified atom stereocenters. The number of benzene rings is 7. The van der Waals surface area contributed by atoms with Crippen LogP contribution in [0.25, 0.3) is 88.3 Å². The van der Waals surface area contributed by atoms with Gasteiger partial charge in [0.15, 0.2) is 0 Å². The lowest BCUT2D eigenvalue weighted by Gasteiger charge is -2.20. The van der Waals surface area contributed by atoms with E-state index >= 15 is 0 Å². The molecule has 0 fully saturated rings. The van der Waals surface area contributed by atoms with Crippen molar-refractivity contribution in [3.05, 3.63) is 132 Å². The summed E-state index contributed by atoms with van der Waals surface area (Å²) >= 11 is 0. The van der Waals surface area contributed by atoms with Crippen LogP contribution < -0.4 is 0 Å². The maximum absolute atomic E-state index is 2.42. The van der Waals surface area contributed by atoms with Crippen LogP contribution in [-0.2, 0) is 10.8 Å². The summed E-state index contributed by atoms with van der Waals surface area (Å²) in [5.41, 5.74) is 20.3. The summed E-state index contributed by atoms with van der Waals surface area (Å²) in [6, 6.07) is 44.4. The Kier molecular flexibility index (Phi) is 5.75. The summed E-state index contributed by atoms with van der Waals surface area (Å²) in [4.78, 5) is 0. The van der Waals surface area contributed by atoms with Crippen LogP contribution in [0.4, 0.5) is 0 Å². The maximum atomic E-state index is 2.42. The molecule has 0 aliphatic heterocycles. The van der Waals surface area contributed by atoms with Gasteiger partial charge < -0.3 is 0 Å². The van der Waals surface area contributed by atoms with Crippen LogP contribution in [0.1, 0.15) is 58.2 Å². The van der Waals surface area contributed by atoms with Crippen molar-refractivity contribution in [3.8, 4) is 66.8 Å². The molecule has 7 aromatic rings. The number of hydrogen-bond acceptors (Lipinski definition) is 0. The Morgan fingerprint density at radius 3 is 1.15 bits per heavy atom. The van der Waals surface area contributed by atoms with Gasteiger partial charge in [0.1, 0.15) is 0 Å². The average Bonchev–Trinajstić information content (AvgIpc) is 3.54. The van der Waals surface area contributed by atoms with E-state index < -0.39 is 0 Å². The molecule has 0 bridgehead atoms. The molecule has 0 saturated carbocycles. The van der Waals surface area contributed by atoms with E-state index in [2.05, 4.69) is 164 Å². The Morgan fingerprint density at radius 2 is 0.723 bits per heavy atom. The Hall–Kier alpha value is -4.94. The molecule has 2 aliphatic rings. The van der Waals surface area contributed by atoms with E-state index in [0.717, 1.165) is 0 Å². The van der Waals surface area contributed by atoms with Crippen molar-refractivity contribution < 1.29 is 0 Å². The van der Waals surface area contributed by atoms with Gasteiger partial charge >= 0.3 is 0 Å². The molecule has 0 radical (unpaired) electrons. The lowest BCUT2D eigenvalue weighted by Crippen LogP contribution is -2.10. The molecule has 2 aliphatic carbocycles. The van der Waals surface area contributed by atoms with Crippen LogP contribution in [0.15, 0.2) is 115 Å². The van der Waals surface area contributed by atoms with Crippen LogP contribution in [0.3, 0.4) is 0 Å². The van der Waals surface area contributed by atoms with Gasteiger partial charge in [0.2, 0.25) is 0 Å². The molecule has 0 nitrogen and oxygen atoms in total. The topological polar surface area (TPSA) is 0 Å². The number of hydrogen-bond donors (Lipinski definition) is 0. The molecule has 0 spiro atoms. The van der Waals surface area contributed by atoms with E-state index in [1.165, 1.54) is 105 Å². The third kappa shape index (κ3) is 4.14. The van der Waals surface area contributed by atoms with Crippen LogP contribution in [0.2, 0.25) is 0 Å². The lowest BCUT2D eigenvalue weighted by atomic mass is 9.85. The van der Waals surface area contributed by atoms with E-state index in [1.54, 1.807) is 0 Å². The van der Waals surface area contributed by atoms with Crippen molar-refractivity contribution >= 4 is 21.5 Å². The van der Waals surface area contributed by atoms with Gasteiger partial charge in [0.25, 0.3) is 0 Å². The Labute approximate surface area is 278 Å². The predicted molar refractivity (Wildman–Crippen MR) is 203 cm³/mol. The zero-order valence-corrected chi connectivity index (χ0v) is 28.5.